The van der Waals surface area contributed by atoms with Gasteiger partial charge in [-0.05, 0) is 138 Å². The Bertz CT molecular complexity index is 3190. The zero-order chi connectivity index (χ0) is 44.1. The van der Waals surface area contributed by atoms with Crippen LogP contribution in [0.15, 0.2) is 261 Å². The van der Waals surface area contributed by atoms with E-state index in [9.17, 15) is 0 Å². The van der Waals surface area contributed by atoms with E-state index in [1.807, 2.05) is 42.5 Å². The topological polar surface area (TPSA) is 27.7 Å². The van der Waals surface area contributed by atoms with E-state index >= 15 is 0 Å². The van der Waals surface area contributed by atoms with Crippen molar-refractivity contribution < 1.29 is 13.6 Å². The summed E-state index contributed by atoms with van der Waals surface area (Å²) < 4.78 is 21.3. The second kappa shape index (κ2) is 18.5. The molecule has 0 N–H and O–H groups in total. The molecule has 0 atom stereocenters. The minimum Gasteiger partial charge on any atom is -0.409 e. The summed E-state index contributed by atoms with van der Waals surface area (Å²) >= 11 is 0. The van der Waals surface area contributed by atoms with Crippen LogP contribution in [0.1, 0.15) is 0 Å². The van der Waals surface area contributed by atoms with Gasteiger partial charge in [-0.3, -0.25) is 0 Å². The molecule has 4 heteroatoms. The number of benzene rings is 11. The average Bonchev–Trinajstić information content (AvgIpc) is 3.39. The van der Waals surface area contributed by atoms with Gasteiger partial charge in [0.05, 0.1) is 0 Å². The van der Waals surface area contributed by atoms with Crippen LogP contribution in [0.2, 0.25) is 0 Å². The zero-order valence-electron chi connectivity index (χ0n) is 36.0. The second-order valence-corrected chi connectivity index (χ2v) is 17.2. The predicted molar refractivity (Wildman–Crippen MR) is 276 cm³/mol. The lowest BCUT2D eigenvalue weighted by Crippen LogP contribution is -2.04. The highest BCUT2D eigenvalue weighted by Crippen LogP contribution is 2.51. The van der Waals surface area contributed by atoms with Crippen molar-refractivity contribution in [1.82, 2.24) is 0 Å². The van der Waals surface area contributed by atoms with Crippen LogP contribution < -0.4 is 13.6 Å². The Balaban J connectivity index is 1.11. The van der Waals surface area contributed by atoms with E-state index in [0.717, 1.165) is 88.3 Å². The smallest absolute Gasteiger partial charge is 0.409 e. The summed E-state index contributed by atoms with van der Waals surface area (Å²) in [6.45, 7) is 0. The van der Waals surface area contributed by atoms with Crippen LogP contribution in [0.3, 0.4) is 0 Å². The highest BCUT2D eigenvalue weighted by atomic mass is 31.2. The molecular formula is C62H43O3P. The molecule has 0 aromatic heterocycles. The summed E-state index contributed by atoms with van der Waals surface area (Å²) in [5.74, 6) is 1.95. The highest BCUT2D eigenvalue weighted by molar-refractivity contribution is 7.43. The van der Waals surface area contributed by atoms with Crippen molar-refractivity contribution in [1.29, 1.82) is 0 Å². The Morgan fingerprint density at radius 1 is 0.227 bits per heavy atom. The Kier molecular flexibility index (Phi) is 11.3. The molecule has 0 heterocycles. The SMILES string of the molecule is c1ccc(OP(Oc2cc3c(-c4ccccc4)cc(-c4ccccc4)cc3cc2-c2ccccc2)Oc2cc3c(-c4ccccc4)cc(-c4ccccc4)cc3cc2-c2ccccc2)cc1. The maximum absolute atomic E-state index is 7.24. The minimum atomic E-state index is -2.13. The molecule has 0 saturated heterocycles. The van der Waals surface area contributed by atoms with E-state index in [0.29, 0.717) is 17.2 Å². The molecule has 0 fully saturated rings. The van der Waals surface area contributed by atoms with Gasteiger partial charge in [0.25, 0.3) is 0 Å². The van der Waals surface area contributed by atoms with Crippen molar-refractivity contribution in [2.24, 2.45) is 0 Å². The number of para-hydroxylation sites is 1. The van der Waals surface area contributed by atoms with Gasteiger partial charge in [0, 0.05) is 11.1 Å². The molecule has 0 saturated carbocycles. The molecule has 11 aromatic carbocycles. The molecule has 0 aliphatic carbocycles. The minimum absolute atomic E-state index is 0.641. The molecule has 11 rings (SSSR count). The molecule has 314 valence electrons. The van der Waals surface area contributed by atoms with Crippen molar-refractivity contribution in [3.63, 3.8) is 0 Å². The van der Waals surface area contributed by atoms with Gasteiger partial charge in [0.1, 0.15) is 17.2 Å². The van der Waals surface area contributed by atoms with Crippen LogP contribution in [0.4, 0.5) is 0 Å². The van der Waals surface area contributed by atoms with Crippen molar-refractivity contribution in [3.05, 3.63) is 261 Å². The summed E-state index contributed by atoms with van der Waals surface area (Å²) in [6, 6.07) is 90.9. The van der Waals surface area contributed by atoms with Crippen LogP contribution in [-0.2, 0) is 0 Å². The molecule has 66 heavy (non-hydrogen) atoms. The van der Waals surface area contributed by atoms with Gasteiger partial charge in [0.2, 0.25) is 0 Å². The molecule has 0 unspecified atom stereocenters. The maximum atomic E-state index is 7.24. The molecule has 0 bridgehead atoms. The summed E-state index contributed by atoms with van der Waals surface area (Å²) in [5.41, 5.74) is 12.9. The first-order valence-electron chi connectivity index (χ1n) is 22.2. The lowest BCUT2D eigenvalue weighted by molar-refractivity contribution is 0.389. The van der Waals surface area contributed by atoms with E-state index < -0.39 is 8.60 Å². The number of rotatable bonds is 12. The lowest BCUT2D eigenvalue weighted by Gasteiger charge is -2.23. The highest BCUT2D eigenvalue weighted by Gasteiger charge is 2.26. The van der Waals surface area contributed by atoms with Crippen molar-refractivity contribution in [2.45, 2.75) is 0 Å². The van der Waals surface area contributed by atoms with Gasteiger partial charge in [-0.2, -0.15) is 0 Å². The maximum Gasteiger partial charge on any atom is 0.530 e. The lowest BCUT2D eigenvalue weighted by atomic mass is 9.91. The number of hydrogen-bond donors (Lipinski definition) is 0. The summed E-state index contributed by atoms with van der Waals surface area (Å²) in [4.78, 5) is 0. The number of hydrogen-bond acceptors (Lipinski definition) is 3. The summed E-state index contributed by atoms with van der Waals surface area (Å²) in [5, 5.41) is 4.31. The Hall–Kier alpha value is -8.23. The van der Waals surface area contributed by atoms with E-state index in [-0.39, 0.29) is 0 Å². The molecule has 3 nitrogen and oxygen atoms in total. The molecule has 11 aromatic rings. The predicted octanol–water partition coefficient (Wildman–Crippen LogP) is 17.8. The Morgan fingerprint density at radius 3 is 0.879 bits per heavy atom. The summed E-state index contributed by atoms with van der Waals surface area (Å²) in [6.07, 6.45) is 0. The standard InChI is InChI=1S/C62H43O3P/c1-8-22-44(23-9-1)50-36-52-40-59(48-30-16-5-17-31-48)61(42-57(52)55(38-50)46-26-12-3-13-27-46)64-66(63-54-34-20-7-21-35-54)65-62-43-58-53(41-60(62)49-32-18-6-19-33-49)37-51(45-24-10-2-11-25-45)39-56(58)47-28-14-4-15-29-47/h1-43H. The fourth-order valence-corrected chi connectivity index (χ4v) is 9.74. The van der Waals surface area contributed by atoms with Crippen LogP contribution >= 0.6 is 8.60 Å². The van der Waals surface area contributed by atoms with Crippen molar-refractivity contribution in [3.8, 4) is 84.0 Å². The molecular weight excluding hydrogens is 824 g/mol. The first kappa shape index (κ1) is 40.5. The number of fused-ring (bicyclic) bond motifs is 2. The Morgan fingerprint density at radius 2 is 0.530 bits per heavy atom. The molecule has 0 aliphatic rings. The van der Waals surface area contributed by atoms with Crippen LogP contribution in [-0.4, -0.2) is 0 Å². The van der Waals surface area contributed by atoms with E-state index in [1.165, 1.54) is 0 Å². The van der Waals surface area contributed by atoms with Gasteiger partial charge < -0.3 is 13.6 Å². The van der Waals surface area contributed by atoms with Gasteiger partial charge in [0.15, 0.2) is 0 Å². The molecule has 0 amide bonds. The monoisotopic (exact) mass is 866 g/mol. The van der Waals surface area contributed by atoms with Crippen LogP contribution in [0.25, 0.3) is 88.3 Å². The van der Waals surface area contributed by atoms with Gasteiger partial charge in [-0.25, -0.2) is 0 Å². The van der Waals surface area contributed by atoms with E-state index in [1.54, 1.807) is 0 Å². The van der Waals surface area contributed by atoms with Crippen molar-refractivity contribution >= 4 is 30.1 Å². The van der Waals surface area contributed by atoms with E-state index in [4.69, 9.17) is 13.6 Å². The quantitative estimate of drug-likeness (QED) is 0.115. The molecule has 0 radical (unpaired) electrons. The molecule has 0 spiro atoms. The molecule has 0 aliphatic heterocycles. The van der Waals surface area contributed by atoms with Gasteiger partial charge in [-0.1, -0.05) is 200 Å². The third-order valence-electron chi connectivity index (χ3n) is 11.9. The van der Waals surface area contributed by atoms with Crippen LogP contribution in [0.5, 0.6) is 17.2 Å². The van der Waals surface area contributed by atoms with Gasteiger partial charge >= 0.3 is 8.60 Å². The summed E-state index contributed by atoms with van der Waals surface area (Å²) in [7, 11) is -2.13. The third kappa shape index (κ3) is 8.56. The first-order valence-corrected chi connectivity index (χ1v) is 23.2. The normalized spacial score (nSPS) is 11.2. The van der Waals surface area contributed by atoms with Crippen LogP contribution in [0, 0.1) is 0 Å². The van der Waals surface area contributed by atoms with Gasteiger partial charge in [-0.15, -0.1) is 0 Å². The average molecular weight is 867 g/mol. The first-order chi connectivity index (χ1) is 32.7. The third-order valence-corrected chi connectivity index (χ3v) is 13.0. The van der Waals surface area contributed by atoms with Crippen molar-refractivity contribution in [2.75, 3.05) is 0 Å². The largest absolute Gasteiger partial charge is 0.530 e. The zero-order valence-corrected chi connectivity index (χ0v) is 36.9. The fourth-order valence-electron chi connectivity index (χ4n) is 8.71. The van der Waals surface area contributed by atoms with E-state index in [2.05, 4.69) is 218 Å². The Labute approximate surface area is 386 Å². The fraction of sp³-hybridized carbons (Fsp3) is 0. The second-order valence-electron chi connectivity index (χ2n) is 16.2.